The van der Waals surface area contributed by atoms with Gasteiger partial charge in [-0.2, -0.15) is 0 Å². The predicted octanol–water partition coefficient (Wildman–Crippen LogP) is 5.34. The Morgan fingerprint density at radius 2 is 1.97 bits per heavy atom. The number of nitrogens with one attached hydrogen (secondary N) is 2. The Bertz CT molecular complexity index is 1180. The molecule has 1 aliphatic rings. The maximum absolute atomic E-state index is 13.6. The number of halogens is 2. The van der Waals surface area contributed by atoms with Crippen LogP contribution < -0.4 is 10.6 Å². The molecule has 1 heterocycles. The van der Waals surface area contributed by atoms with Gasteiger partial charge in [0.15, 0.2) is 0 Å². The van der Waals surface area contributed by atoms with Crippen LogP contribution in [0.25, 0.3) is 10.8 Å². The van der Waals surface area contributed by atoms with Gasteiger partial charge in [0.1, 0.15) is 17.7 Å². The van der Waals surface area contributed by atoms with E-state index in [4.69, 9.17) is 16.3 Å². The summed E-state index contributed by atoms with van der Waals surface area (Å²) in [5.41, 5.74) is 0.486. The molecule has 0 spiro atoms. The van der Waals surface area contributed by atoms with E-state index in [9.17, 15) is 14.0 Å². The molecule has 0 saturated heterocycles. The first-order valence-corrected chi connectivity index (χ1v) is 11.1. The van der Waals surface area contributed by atoms with Gasteiger partial charge in [-0.05, 0) is 42.3 Å². The number of hydrogen-bond donors (Lipinski definition) is 2. The molecule has 1 aliphatic carbocycles. The number of aromatic nitrogens is 1. The molecule has 33 heavy (non-hydrogen) atoms. The number of anilines is 1. The first kappa shape index (κ1) is 22.8. The van der Waals surface area contributed by atoms with Gasteiger partial charge in [0.25, 0.3) is 0 Å². The number of nitrogens with zero attached hydrogens (tertiary/aromatic N) is 2. The first-order valence-electron chi connectivity index (χ1n) is 10.7. The number of likely N-dealkylation sites (N-methyl/N-ethyl adjacent to an activating group) is 1. The summed E-state index contributed by atoms with van der Waals surface area (Å²) in [6, 6.07) is 13.3. The molecule has 4 rings (SSSR count). The van der Waals surface area contributed by atoms with E-state index in [1.54, 1.807) is 25.4 Å². The van der Waals surface area contributed by atoms with Crippen LogP contribution in [0.15, 0.2) is 54.7 Å². The second-order valence-corrected chi connectivity index (χ2v) is 8.34. The SMILES string of the molecule is CN(C(=O)NCc1cccc(F)c1Cl)[C@H]1CCC[C@@H]1OC(=O)Nc1cc2ccccc2cn1. The second kappa shape index (κ2) is 10.0. The van der Waals surface area contributed by atoms with Crippen LogP contribution in [0, 0.1) is 5.82 Å². The molecule has 0 aliphatic heterocycles. The summed E-state index contributed by atoms with van der Waals surface area (Å²) in [5, 5.41) is 7.32. The number of pyridine rings is 1. The number of benzene rings is 2. The number of rotatable bonds is 5. The van der Waals surface area contributed by atoms with Crippen LogP contribution in [-0.2, 0) is 11.3 Å². The minimum Gasteiger partial charge on any atom is -0.444 e. The lowest BCUT2D eigenvalue weighted by Gasteiger charge is -2.29. The largest absolute Gasteiger partial charge is 0.444 e. The summed E-state index contributed by atoms with van der Waals surface area (Å²) in [6.07, 6.45) is 2.80. The molecule has 9 heteroatoms. The standard InChI is InChI=1S/C24H24ClFN4O3/c1-30(23(31)28-14-17-8-4-9-18(26)22(17)25)19-10-5-11-20(19)33-24(32)29-21-12-15-6-2-3-7-16(15)13-27-21/h2-4,6-9,12-13,19-20H,5,10-11,14H2,1H3,(H,28,31)(H,27,29,32)/t19-,20-/m0/s1. The van der Waals surface area contributed by atoms with Crippen molar-refractivity contribution < 1.29 is 18.7 Å². The maximum Gasteiger partial charge on any atom is 0.413 e. The predicted molar refractivity (Wildman–Crippen MR) is 125 cm³/mol. The minimum atomic E-state index is -0.616. The molecule has 1 saturated carbocycles. The lowest BCUT2D eigenvalue weighted by Crippen LogP contribution is -2.47. The Morgan fingerprint density at radius 1 is 1.18 bits per heavy atom. The molecule has 3 amide bonds. The Balaban J connectivity index is 1.33. The van der Waals surface area contributed by atoms with Gasteiger partial charge >= 0.3 is 12.1 Å². The first-order chi connectivity index (χ1) is 15.9. The van der Waals surface area contributed by atoms with Crippen molar-refractivity contribution in [1.82, 2.24) is 15.2 Å². The molecule has 1 aromatic heterocycles. The molecule has 0 radical (unpaired) electrons. The number of urea groups is 1. The van der Waals surface area contributed by atoms with Gasteiger partial charge in [0.05, 0.1) is 11.1 Å². The summed E-state index contributed by atoms with van der Waals surface area (Å²) >= 11 is 5.95. The highest BCUT2D eigenvalue weighted by Gasteiger charge is 2.35. The van der Waals surface area contributed by atoms with E-state index < -0.39 is 18.0 Å². The van der Waals surface area contributed by atoms with Crippen LogP contribution in [0.4, 0.5) is 19.8 Å². The van der Waals surface area contributed by atoms with Crippen molar-refractivity contribution in [3.63, 3.8) is 0 Å². The Labute approximate surface area is 195 Å². The van der Waals surface area contributed by atoms with E-state index in [0.717, 1.165) is 17.2 Å². The molecule has 3 aromatic rings. The van der Waals surface area contributed by atoms with Crippen LogP contribution in [0.1, 0.15) is 24.8 Å². The highest BCUT2D eigenvalue weighted by molar-refractivity contribution is 6.31. The molecule has 0 unspecified atom stereocenters. The molecule has 172 valence electrons. The third-order valence-corrected chi connectivity index (χ3v) is 6.24. The summed E-state index contributed by atoms with van der Waals surface area (Å²) in [7, 11) is 1.65. The summed E-state index contributed by atoms with van der Waals surface area (Å²) in [6.45, 7) is 0.0894. The maximum atomic E-state index is 13.6. The van der Waals surface area contributed by atoms with Crippen LogP contribution >= 0.6 is 11.6 Å². The van der Waals surface area contributed by atoms with Crippen molar-refractivity contribution in [2.45, 2.75) is 38.0 Å². The fourth-order valence-corrected chi connectivity index (χ4v) is 4.23. The highest BCUT2D eigenvalue weighted by Crippen LogP contribution is 2.27. The molecular weight excluding hydrogens is 447 g/mol. The van der Waals surface area contributed by atoms with E-state index in [-0.39, 0.29) is 23.6 Å². The van der Waals surface area contributed by atoms with Gasteiger partial charge in [-0.1, -0.05) is 48.0 Å². The number of carbonyl (C=O) groups excluding carboxylic acids is 2. The number of hydrogen-bond acceptors (Lipinski definition) is 4. The third kappa shape index (κ3) is 5.34. The number of amides is 3. The summed E-state index contributed by atoms with van der Waals surface area (Å²) in [4.78, 5) is 30.9. The van der Waals surface area contributed by atoms with Crippen LogP contribution in [0.2, 0.25) is 5.02 Å². The fraction of sp³-hybridized carbons (Fsp3) is 0.292. The van der Waals surface area contributed by atoms with Crippen molar-refractivity contribution in [2.24, 2.45) is 0 Å². The molecule has 2 aromatic carbocycles. The lowest BCUT2D eigenvalue weighted by atomic mass is 10.2. The molecule has 0 bridgehead atoms. The van der Waals surface area contributed by atoms with Crippen LogP contribution in [-0.4, -0.2) is 41.2 Å². The monoisotopic (exact) mass is 470 g/mol. The van der Waals surface area contributed by atoms with Gasteiger partial charge in [-0.15, -0.1) is 0 Å². The average Bonchev–Trinajstić information content (AvgIpc) is 3.27. The van der Waals surface area contributed by atoms with Gasteiger partial charge in [0, 0.05) is 25.2 Å². The second-order valence-electron chi connectivity index (χ2n) is 7.97. The molecule has 7 nitrogen and oxygen atoms in total. The quantitative estimate of drug-likeness (QED) is 0.527. The molecule has 2 N–H and O–H groups in total. The number of carbonyl (C=O) groups is 2. The Kier molecular flexibility index (Phi) is 6.93. The topological polar surface area (TPSA) is 83.6 Å². The van der Waals surface area contributed by atoms with Gasteiger partial charge in [0.2, 0.25) is 0 Å². The van der Waals surface area contributed by atoms with Crippen molar-refractivity contribution in [3.8, 4) is 0 Å². The van der Waals surface area contributed by atoms with Crippen LogP contribution in [0.5, 0.6) is 0 Å². The van der Waals surface area contributed by atoms with E-state index >= 15 is 0 Å². The summed E-state index contributed by atoms with van der Waals surface area (Å²) < 4.78 is 19.2. The summed E-state index contributed by atoms with van der Waals surface area (Å²) in [5.74, 6) is -0.140. The number of fused-ring (bicyclic) bond motifs is 1. The minimum absolute atomic E-state index is 0.0125. The zero-order chi connectivity index (χ0) is 23.4. The fourth-order valence-electron chi connectivity index (χ4n) is 4.04. The van der Waals surface area contributed by atoms with Crippen molar-refractivity contribution in [2.75, 3.05) is 12.4 Å². The Hall–Kier alpha value is -3.39. The smallest absolute Gasteiger partial charge is 0.413 e. The third-order valence-electron chi connectivity index (χ3n) is 5.82. The van der Waals surface area contributed by atoms with Crippen LogP contribution in [0.3, 0.4) is 0 Å². The highest BCUT2D eigenvalue weighted by atomic mass is 35.5. The van der Waals surface area contributed by atoms with E-state index in [1.165, 1.54) is 17.0 Å². The van der Waals surface area contributed by atoms with E-state index in [2.05, 4.69) is 15.6 Å². The van der Waals surface area contributed by atoms with Gasteiger partial charge in [-0.25, -0.2) is 19.0 Å². The van der Waals surface area contributed by atoms with Crippen molar-refractivity contribution in [3.05, 3.63) is 71.1 Å². The number of ether oxygens (including phenoxy) is 1. The normalized spacial score (nSPS) is 17.5. The zero-order valence-corrected chi connectivity index (χ0v) is 18.8. The van der Waals surface area contributed by atoms with Crippen molar-refractivity contribution in [1.29, 1.82) is 0 Å². The van der Waals surface area contributed by atoms with Gasteiger partial charge in [-0.3, -0.25) is 5.32 Å². The average molecular weight is 471 g/mol. The molecular formula is C24H24ClFN4O3. The Morgan fingerprint density at radius 3 is 2.79 bits per heavy atom. The van der Waals surface area contributed by atoms with Crippen molar-refractivity contribution >= 4 is 40.3 Å². The van der Waals surface area contributed by atoms with E-state index in [1.807, 2.05) is 24.3 Å². The zero-order valence-electron chi connectivity index (χ0n) is 18.1. The molecule has 2 atom stereocenters. The van der Waals surface area contributed by atoms with Gasteiger partial charge < -0.3 is 15.0 Å². The lowest BCUT2D eigenvalue weighted by molar-refractivity contribution is 0.0701. The van der Waals surface area contributed by atoms with E-state index in [0.29, 0.717) is 24.2 Å². The molecule has 1 fully saturated rings.